The van der Waals surface area contributed by atoms with Gasteiger partial charge in [0.05, 0.1) is 5.02 Å². The number of hydrogen-bond acceptors (Lipinski definition) is 3. The van der Waals surface area contributed by atoms with Crippen LogP contribution in [-0.4, -0.2) is 29.3 Å². The Balaban J connectivity index is 2.70. The molecule has 1 aromatic rings. The maximum Gasteiger partial charge on any atom is 0.261 e. The Kier molecular flexibility index (Phi) is 6.78. The van der Waals surface area contributed by atoms with Gasteiger partial charge in [-0.25, -0.2) is 0 Å². The van der Waals surface area contributed by atoms with E-state index in [1.54, 1.807) is 25.1 Å². The molecule has 2 atom stereocenters. The molecule has 2 unspecified atom stereocenters. The summed E-state index contributed by atoms with van der Waals surface area (Å²) in [6, 6.07) is 4.83. The van der Waals surface area contributed by atoms with Gasteiger partial charge < -0.3 is 15.2 Å². The summed E-state index contributed by atoms with van der Waals surface area (Å²) in [5, 5.41) is 12.8. The lowest BCUT2D eigenvalue weighted by Crippen LogP contribution is -2.50. The Hall–Kier alpha value is -0.970. The number of ether oxygens (including phenoxy) is 1. The van der Waals surface area contributed by atoms with Crippen molar-refractivity contribution in [2.24, 2.45) is 0 Å². The third-order valence-corrected chi connectivity index (χ3v) is 3.97. The van der Waals surface area contributed by atoms with Gasteiger partial charge in [-0.3, -0.25) is 4.79 Å². The van der Waals surface area contributed by atoms with Crippen molar-refractivity contribution in [1.29, 1.82) is 0 Å². The fraction of sp³-hybridized carbons (Fsp3) is 0.533. The van der Waals surface area contributed by atoms with E-state index < -0.39 is 11.6 Å². The average Bonchev–Trinajstić information content (AvgIpc) is 2.42. The molecule has 0 fully saturated rings. The second-order valence-corrected chi connectivity index (χ2v) is 6.06. The number of amides is 1. The normalized spacial score (nSPS) is 15.1. The number of aliphatic hydroxyl groups excluding tert-OH is 1. The average molecular weight is 334 g/mol. The second kappa shape index (κ2) is 7.87. The molecule has 6 heteroatoms. The number of hydrogen-bond donors (Lipinski definition) is 2. The van der Waals surface area contributed by atoms with Gasteiger partial charge in [-0.2, -0.15) is 0 Å². The standard InChI is InChI=1S/C15H21Cl2NO3/c1-4-15(3,7-8-19)18-14(20)10(2)21-13-6-5-11(16)9-12(13)17/h5-6,9-10,19H,4,7-8H2,1-3H3,(H,18,20). The van der Waals surface area contributed by atoms with Gasteiger partial charge in [-0.1, -0.05) is 30.1 Å². The van der Waals surface area contributed by atoms with Crippen molar-refractivity contribution < 1.29 is 14.6 Å². The van der Waals surface area contributed by atoms with Crippen molar-refractivity contribution in [2.75, 3.05) is 6.61 Å². The third kappa shape index (κ3) is 5.38. The lowest BCUT2D eigenvalue weighted by atomic mass is 9.94. The summed E-state index contributed by atoms with van der Waals surface area (Å²) in [4.78, 5) is 12.2. The third-order valence-electron chi connectivity index (χ3n) is 3.44. The lowest BCUT2D eigenvalue weighted by Gasteiger charge is -2.30. The molecule has 0 aliphatic heterocycles. The highest BCUT2D eigenvalue weighted by Crippen LogP contribution is 2.28. The minimum Gasteiger partial charge on any atom is -0.479 e. The lowest BCUT2D eigenvalue weighted by molar-refractivity contribution is -0.129. The molecule has 21 heavy (non-hydrogen) atoms. The van der Waals surface area contributed by atoms with E-state index in [1.165, 1.54) is 0 Å². The highest BCUT2D eigenvalue weighted by Gasteiger charge is 2.27. The molecule has 1 aromatic carbocycles. The Morgan fingerprint density at radius 3 is 2.67 bits per heavy atom. The predicted octanol–water partition coefficient (Wildman–Crippen LogP) is 3.43. The summed E-state index contributed by atoms with van der Waals surface area (Å²) in [5.41, 5.74) is -0.451. The van der Waals surface area contributed by atoms with Gasteiger partial charge in [0.25, 0.3) is 5.91 Å². The monoisotopic (exact) mass is 333 g/mol. The van der Waals surface area contributed by atoms with Crippen molar-refractivity contribution in [3.63, 3.8) is 0 Å². The molecule has 4 nitrogen and oxygen atoms in total. The predicted molar refractivity (Wildman–Crippen MR) is 85.1 cm³/mol. The van der Waals surface area contributed by atoms with Crippen molar-refractivity contribution in [3.05, 3.63) is 28.2 Å². The quantitative estimate of drug-likeness (QED) is 0.803. The first-order valence-corrected chi connectivity index (χ1v) is 7.61. The summed E-state index contributed by atoms with van der Waals surface area (Å²) in [6.07, 6.45) is 0.505. The van der Waals surface area contributed by atoms with Crippen LogP contribution in [0.3, 0.4) is 0 Å². The van der Waals surface area contributed by atoms with Gasteiger partial charge in [0.1, 0.15) is 5.75 Å². The highest BCUT2D eigenvalue weighted by molar-refractivity contribution is 6.35. The van der Waals surface area contributed by atoms with Gasteiger partial charge in [0.15, 0.2) is 6.10 Å². The van der Waals surface area contributed by atoms with Crippen LogP contribution in [-0.2, 0) is 4.79 Å². The minimum absolute atomic E-state index is 0.0167. The molecular weight excluding hydrogens is 313 g/mol. The molecule has 0 aliphatic rings. The molecule has 1 rings (SSSR count). The Bertz CT molecular complexity index is 496. The van der Waals surface area contributed by atoms with E-state index in [0.29, 0.717) is 28.6 Å². The zero-order valence-corrected chi connectivity index (χ0v) is 14.0. The number of carbonyl (C=O) groups excluding carboxylic acids is 1. The molecule has 0 radical (unpaired) electrons. The van der Waals surface area contributed by atoms with Crippen LogP contribution >= 0.6 is 23.2 Å². The number of rotatable bonds is 7. The molecule has 1 amide bonds. The molecule has 0 bridgehead atoms. The number of nitrogens with one attached hydrogen (secondary N) is 1. The van der Waals surface area contributed by atoms with E-state index in [0.717, 1.165) is 0 Å². The molecule has 0 aliphatic carbocycles. The molecule has 0 saturated heterocycles. The van der Waals surface area contributed by atoms with Crippen molar-refractivity contribution in [2.45, 2.75) is 45.3 Å². The maximum atomic E-state index is 12.2. The van der Waals surface area contributed by atoms with E-state index in [2.05, 4.69) is 5.32 Å². The van der Waals surface area contributed by atoms with E-state index in [9.17, 15) is 4.79 Å². The fourth-order valence-corrected chi connectivity index (χ4v) is 2.24. The van der Waals surface area contributed by atoms with E-state index in [-0.39, 0.29) is 12.5 Å². The van der Waals surface area contributed by atoms with Gasteiger partial charge in [0, 0.05) is 17.2 Å². The minimum atomic E-state index is -0.701. The number of carbonyl (C=O) groups is 1. The molecular formula is C15H21Cl2NO3. The van der Waals surface area contributed by atoms with Gasteiger partial charge in [0.2, 0.25) is 0 Å². The van der Waals surface area contributed by atoms with Crippen molar-refractivity contribution in [1.82, 2.24) is 5.32 Å². The molecule has 0 heterocycles. The zero-order valence-electron chi connectivity index (χ0n) is 12.5. The van der Waals surface area contributed by atoms with Crippen LogP contribution in [0.25, 0.3) is 0 Å². The Morgan fingerprint density at radius 1 is 1.48 bits per heavy atom. The van der Waals surface area contributed by atoms with Gasteiger partial charge in [-0.15, -0.1) is 0 Å². The van der Waals surface area contributed by atoms with Crippen LogP contribution in [0.15, 0.2) is 18.2 Å². The molecule has 0 aromatic heterocycles. The summed E-state index contributed by atoms with van der Waals surface area (Å²) in [5.74, 6) is 0.155. The SMILES string of the molecule is CCC(C)(CCO)NC(=O)C(C)Oc1ccc(Cl)cc1Cl. The summed E-state index contributed by atoms with van der Waals surface area (Å²) in [6.45, 7) is 5.51. The molecule has 0 saturated carbocycles. The van der Waals surface area contributed by atoms with Crippen LogP contribution in [0.1, 0.15) is 33.6 Å². The smallest absolute Gasteiger partial charge is 0.261 e. The maximum absolute atomic E-state index is 12.2. The van der Waals surface area contributed by atoms with Crippen LogP contribution in [0.5, 0.6) is 5.75 Å². The number of aliphatic hydroxyl groups is 1. The van der Waals surface area contributed by atoms with E-state index in [1.807, 2.05) is 13.8 Å². The van der Waals surface area contributed by atoms with Crippen LogP contribution < -0.4 is 10.1 Å². The Morgan fingerprint density at radius 2 is 2.14 bits per heavy atom. The largest absolute Gasteiger partial charge is 0.479 e. The fourth-order valence-electron chi connectivity index (χ4n) is 1.79. The second-order valence-electron chi connectivity index (χ2n) is 5.21. The topological polar surface area (TPSA) is 58.6 Å². The first-order valence-electron chi connectivity index (χ1n) is 6.86. The first-order chi connectivity index (χ1) is 9.81. The molecule has 0 spiro atoms. The van der Waals surface area contributed by atoms with Gasteiger partial charge >= 0.3 is 0 Å². The van der Waals surface area contributed by atoms with Crippen LogP contribution in [0.4, 0.5) is 0 Å². The first kappa shape index (κ1) is 18.1. The molecule has 2 N–H and O–H groups in total. The summed E-state index contributed by atoms with van der Waals surface area (Å²) in [7, 11) is 0. The zero-order chi connectivity index (χ0) is 16.0. The van der Waals surface area contributed by atoms with Crippen molar-refractivity contribution >= 4 is 29.1 Å². The number of benzene rings is 1. The Labute approximate surface area is 135 Å². The molecule has 118 valence electrons. The van der Waals surface area contributed by atoms with Gasteiger partial charge in [-0.05, 0) is 44.9 Å². The van der Waals surface area contributed by atoms with E-state index >= 15 is 0 Å². The van der Waals surface area contributed by atoms with Crippen LogP contribution in [0, 0.1) is 0 Å². The summed E-state index contributed by atoms with van der Waals surface area (Å²) < 4.78 is 5.57. The highest BCUT2D eigenvalue weighted by atomic mass is 35.5. The summed E-state index contributed by atoms with van der Waals surface area (Å²) >= 11 is 11.8. The number of halogens is 2. The van der Waals surface area contributed by atoms with E-state index in [4.69, 9.17) is 33.0 Å². The van der Waals surface area contributed by atoms with Crippen LogP contribution in [0.2, 0.25) is 10.0 Å². The van der Waals surface area contributed by atoms with Crippen molar-refractivity contribution in [3.8, 4) is 5.75 Å².